The Morgan fingerprint density at radius 3 is 2.18 bits per heavy atom. The van der Waals surface area contributed by atoms with Gasteiger partial charge in [-0.2, -0.15) is 0 Å². The minimum atomic E-state index is -0.401. The van der Waals surface area contributed by atoms with E-state index in [9.17, 15) is 9.59 Å². The first kappa shape index (κ1) is 24.2. The molecule has 1 N–H and O–H groups in total. The van der Waals surface area contributed by atoms with E-state index in [0.29, 0.717) is 26.3 Å². The van der Waals surface area contributed by atoms with Gasteiger partial charge in [0.05, 0.1) is 13.2 Å². The Labute approximate surface area is 202 Å². The number of morpholine rings is 1. The first-order valence-corrected chi connectivity index (χ1v) is 12.3. The summed E-state index contributed by atoms with van der Waals surface area (Å²) in [5.74, 6) is 0.358. The summed E-state index contributed by atoms with van der Waals surface area (Å²) in [4.78, 5) is 29.7. The number of nitrogens with zero attached hydrogens (tertiary/aromatic N) is 2. The van der Waals surface area contributed by atoms with Crippen LogP contribution in [0.3, 0.4) is 0 Å². The maximum atomic E-state index is 12.8. The molecule has 0 bridgehead atoms. The number of carbonyl (C=O) groups excluding carboxylic acids is 2. The number of likely N-dealkylation sites (tertiary alicyclic amines) is 1. The van der Waals surface area contributed by atoms with Crippen LogP contribution in [0.4, 0.5) is 4.79 Å². The summed E-state index contributed by atoms with van der Waals surface area (Å²) in [6.07, 6.45) is 2.04. The van der Waals surface area contributed by atoms with E-state index < -0.39 is 6.09 Å². The molecular formula is C27H35N3O4. The number of alkyl carbamates (subject to hydrolysis) is 1. The van der Waals surface area contributed by atoms with Crippen molar-refractivity contribution in [1.29, 1.82) is 0 Å². The minimum Gasteiger partial charge on any atom is -0.445 e. The van der Waals surface area contributed by atoms with Crippen LogP contribution in [0.5, 0.6) is 0 Å². The Balaban J connectivity index is 1.29. The number of piperidine rings is 1. The van der Waals surface area contributed by atoms with E-state index in [1.165, 1.54) is 5.56 Å². The molecule has 0 unspecified atom stereocenters. The van der Waals surface area contributed by atoms with Gasteiger partial charge < -0.3 is 24.6 Å². The van der Waals surface area contributed by atoms with Crippen LogP contribution in [-0.2, 0) is 27.3 Å². The number of ether oxygens (including phenoxy) is 2. The zero-order chi connectivity index (χ0) is 23.6. The van der Waals surface area contributed by atoms with E-state index in [1.54, 1.807) is 0 Å². The number of benzene rings is 2. The molecule has 7 heteroatoms. The fourth-order valence-corrected chi connectivity index (χ4v) is 4.71. The highest BCUT2D eigenvalue weighted by molar-refractivity contribution is 5.79. The van der Waals surface area contributed by atoms with Crippen LogP contribution in [0.1, 0.15) is 24.0 Å². The topological polar surface area (TPSA) is 71.1 Å². The monoisotopic (exact) mass is 465 g/mol. The van der Waals surface area contributed by atoms with Crippen molar-refractivity contribution in [2.45, 2.75) is 31.9 Å². The van der Waals surface area contributed by atoms with Crippen LogP contribution < -0.4 is 5.32 Å². The lowest BCUT2D eigenvalue weighted by Crippen LogP contribution is -2.50. The first-order valence-electron chi connectivity index (χ1n) is 12.3. The highest BCUT2D eigenvalue weighted by atomic mass is 16.5. The predicted molar refractivity (Wildman–Crippen MR) is 130 cm³/mol. The largest absolute Gasteiger partial charge is 0.445 e. The first-order chi connectivity index (χ1) is 16.7. The fourth-order valence-electron chi connectivity index (χ4n) is 4.71. The van der Waals surface area contributed by atoms with Crippen molar-refractivity contribution in [2.24, 2.45) is 5.92 Å². The third-order valence-corrected chi connectivity index (χ3v) is 6.60. The molecule has 2 aromatic rings. The highest BCUT2D eigenvalue weighted by Gasteiger charge is 2.30. The van der Waals surface area contributed by atoms with Gasteiger partial charge in [0.2, 0.25) is 5.91 Å². The fraction of sp³-hybridized carbons (Fsp3) is 0.481. The summed E-state index contributed by atoms with van der Waals surface area (Å²) in [7, 11) is 0. The molecule has 2 fully saturated rings. The molecule has 2 heterocycles. The second kappa shape index (κ2) is 12.5. The van der Waals surface area contributed by atoms with Crippen molar-refractivity contribution in [3.8, 4) is 0 Å². The normalized spacial score (nSPS) is 18.3. The summed E-state index contributed by atoms with van der Waals surface area (Å²) in [6, 6.07) is 19.8. The molecule has 34 heavy (non-hydrogen) atoms. The minimum absolute atomic E-state index is 0.0721. The number of hydrogen-bond donors (Lipinski definition) is 1. The van der Waals surface area contributed by atoms with Gasteiger partial charge in [-0.25, -0.2) is 4.79 Å². The summed E-state index contributed by atoms with van der Waals surface area (Å²) >= 11 is 0. The lowest BCUT2D eigenvalue weighted by molar-refractivity contribution is -0.141. The van der Waals surface area contributed by atoms with Gasteiger partial charge in [0, 0.05) is 31.6 Å². The van der Waals surface area contributed by atoms with Crippen molar-refractivity contribution in [1.82, 2.24) is 15.1 Å². The third-order valence-electron chi connectivity index (χ3n) is 6.60. The zero-order valence-corrected chi connectivity index (χ0v) is 19.7. The van der Waals surface area contributed by atoms with Crippen molar-refractivity contribution < 1.29 is 19.1 Å². The molecule has 7 nitrogen and oxygen atoms in total. The van der Waals surface area contributed by atoms with Gasteiger partial charge in [0.25, 0.3) is 0 Å². The van der Waals surface area contributed by atoms with Crippen molar-refractivity contribution in [3.63, 3.8) is 0 Å². The van der Waals surface area contributed by atoms with Gasteiger partial charge in [-0.05, 0) is 43.5 Å². The lowest BCUT2D eigenvalue weighted by atomic mass is 9.94. The Morgan fingerprint density at radius 2 is 1.53 bits per heavy atom. The Bertz CT molecular complexity index is 895. The van der Waals surface area contributed by atoms with Crippen LogP contribution in [0.25, 0.3) is 0 Å². The molecule has 2 amide bonds. The third kappa shape index (κ3) is 7.30. The van der Waals surface area contributed by atoms with Gasteiger partial charge in [0.1, 0.15) is 6.61 Å². The number of hydrogen-bond acceptors (Lipinski definition) is 5. The molecule has 0 saturated carbocycles. The van der Waals surface area contributed by atoms with E-state index in [2.05, 4.69) is 22.3 Å². The second-order valence-corrected chi connectivity index (χ2v) is 9.11. The standard InChI is InChI=1S/C27H35N3O4/c31-26(30-15-17-33-18-16-30)24-11-13-29(14-12-24)20-25(19-22-7-3-1-4-8-22)28-27(32)34-21-23-9-5-2-6-10-23/h1-10,24-25H,11-21H2,(H,28,32)/t25-/m0/s1. The maximum Gasteiger partial charge on any atom is 0.407 e. The van der Waals surface area contributed by atoms with Crippen LogP contribution in [0, 0.1) is 5.92 Å². The molecule has 2 aliphatic rings. The SMILES string of the molecule is O=C(N[C@@H](Cc1ccccc1)CN1CCC(C(=O)N2CCOCC2)CC1)OCc1ccccc1. The van der Waals surface area contributed by atoms with Crippen LogP contribution >= 0.6 is 0 Å². The molecular weight excluding hydrogens is 430 g/mol. The van der Waals surface area contributed by atoms with E-state index in [4.69, 9.17) is 9.47 Å². The summed E-state index contributed by atoms with van der Waals surface area (Å²) in [6.45, 7) is 5.36. The van der Waals surface area contributed by atoms with Gasteiger partial charge in [-0.3, -0.25) is 4.79 Å². The Hall–Kier alpha value is -2.90. The summed E-state index contributed by atoms with van der Waals surface area (Å²) in [5, 5.41) is 3.08. The Kier molecular flexibility index (Phi) is 8.93. The van der Waals surface area contributed by atoms with Crippen LogP contribution in [-0.4, -0.2) is 73.8 Å². The number of nitrogens with one attached hydrogen (secondary N) is 1. The molecule has 2 aliphatic heterocycles. The molecule has 1 atom stereocenters. The molecule has 4 rings (SSSR count). The quantitative estimate of drug-likeness (QED) is 0.649. The smallest absolute Gasteiger partial charge is 0.407 e. The van der Waals surface area contributed by atoms with E-state index in [1.807, 2.05) is 53.4 Å². The molecule has 0 aliphatic carbocycles. The molecule has 2 saturated heterocycles. The highest BCUT2D eigenvalue weighted by Crippen LogP contribution is 2.21. The zero-order valence-electron chi connectivity index (χ0n) is 19.7. The molecule has 0 radical (unpaired) electrons. The maximum absolute atomic E-state index is 12.8. The Morgan fingerprint density at radius 1 is 0.912 bits per heavy atom. The van der Waals surface area contributed by atoms with E-state index in [0.717, 1.165) is 44.5 Å². The van der Waals surface area contributed by atoms with Crippen LogP contribution in [0.2, 0.25) is 0 Å². The predicted octanol–water partition coefficient (Wildman–Crippen LogP) is 3.09. The number of amides is 2. The van der Waals surface area contributed by atoms with Crippen molar-refractivity contribution >= 4 is 12.0 Å². The van der Waals surface area contributed by atoms with Gasteiger partial charge in [0.15, 0.2) is 0 Å². The summed E-state index contributed by atoms with van der Waals surface area (Å²) < 4.78 is 10.8. The second-order valence-electron chi connectivity index (χ2n) is 9.11. The van der Waals surface area contributed by atoms with Gasteiger partial charge in [-0.1, -0.05) is 60.7 Å². The summed E-state index contributed by atoms with van der Waals surface area (Å²) in [5.41, 5.74) is 2.14. The molecule has 0 aromatic heterocycles. The molecule has 182 valence electrons. The van der Waals surface area contributed by atoms with Gasteiger partial charge >= 0.3 is 6.09 Å². The molecule has 2 aromatic carbocycles. The average Bonchev–Trinajstić information content (AvgIpc) is 2.89. The van der Waals surface area contributed by atoms with E-state index in [-0.39, 0.29) is 24.5 Å². The number of carbonyl (C=O) groups is 2. The van der Waals surface area contributed by atoms with Crippen molar-refractivity contribution in [3.05, 3.63) is 71.8 Å². The van der Waals surface area contributed by atoms with Crippen molar-refractivity contribution in [2.75, 3.05) is 45.9 Å². The van der Waals surface area contributed by atoms with Gasteiger partial charge in [-0.15, -0.1) is 0 Å². The number of rotatable bonds is 8. The average molecular weight is 466 g/mol. The van der Waals surface area contributed by atoms with Crippen LogP contribution in [0.15, 0.2) is 60.7 Å². The molecule has 0 spiro atoms. The van der Waals surface area contributed by atoms with E-state index >= 15 is 0 Å². The lowest BCUT2D eigenvalue weighted by Gasteiger charge is -2.36.